The van der Waals surface area contributed by atoms with E-state index in [0.717, 1.165) is 10.9 Å². The highest BCUT2D eigenvalue weighted by molar-refractivity contribution is 9.10. The molecule has 0 aliphatic heterocycles. The highest BCUT2D eigenvalue weighted by atomic mass is 79.9. The predicted molar refractivity (Wildman–Crippen MR) is 91.8 cm³/mol. The van der Waals surface area contributed by atoms with E-state index in [-0.39, 0.29) is 23.3 Å². The first kappa shape index (κ1) is 17.8. The molecule has 0 aliphatic carbocycles. The number of nitrogens with one attached hydrogen (secondary N) is 2. The molecule has 3 nitrogen and oxygen atoms in total. The number of hydrogen-bond donors (Lipinski definition) is 2. The molecule has 0 fully saturated rings. The van der Waals surface area contributed by atoms with Crippen molar-refractivity contribution in [3.8, 4) is 0 Å². The first-order valence-electron chi connectivity index (χ1n) is 7.36. The highest BCUT2D eigenvalue weighted by Crippen LogP contribution is 2.19. The van der Waals surface area contributed by atoms with Crippen molar-refractivity contribution in [1.82, 2.24) is 0 Å². The van der Waals surface area contributed by atoms with Crippen LogP contribution in [0.4, 0.5) is 0 Å². The summed E-state index contributed by atoms with van der Waals surface area (Å²) in [6, 6.07) is 7.08. The molecule has 1 aromatic rings. The molecule has 0 heterocycles. The van der Waals surface area contributed by atoms with Crippen LogP contribution in [0.1, 0.15) is 50.4 Å². The fraction of sp³-hybridized carbons (Fsp3) is 0.471. The lowest BCUT2D eigenvalue weighted by atomic mass is 9.86. The van der Waals surface area contributed by atoms with Gasteiger partial charge in [0.05, 0.1) is 5.71 Å². The van der Waals surface area contributed by atoms with Crippen LogP contribution in [0.5, 0.6) is 0 Å². The second-order valence-electron chi connectivity index (χ2n) is 5.39. The molecule has 114 valence electrons. The molecular weight excluding hydrogens is 328 g/mol. The zero-order chi connectivity index (χ0) is 16.0. The molecular formula is C17H23BrN2O. The van der Waals surface area contributed by atoms with Gasteiger partial charge in [0.2, 0.25) is 5.78 Å². The Labute approximate surface area is 135 Å². The van der Waals surface area contributed by atoms with E-state index >= 15 is 0 Å². The number of halogens is 1. The van der Waals surface area contributed by atoms with Crippen LogP contribution in [-0.4, -0.2) is 17.2 Å². The molecule has 0 aliphatic rings. The second kappa shape index (κ2) is 8.23. The molecule has 0 radical (unpaired) electrons. The summed E-state index contributed by atoms with van der Waals surface area (Å²) >= 11 is 3.34. The molecule has 0 spiro atoms. The normalized spacial score (nSPS) is 13.5. The number of ketones is 1. The maximum atomic E-state index is 12.4. The monoisotopic (exact) mass is 350 g/mol. The Morgan fingerprint density at radius 3 is 2.19 bits per heavy atom. The smallest absolute Gasteiger partial charge is 0.206 e. The molecule has 0 unspecified atom stereocenters. The summed E-state index contributed by atoms with van der Waals surface area (Å²) in [6.07, 6.45) is 2.13. The molecule has 0 amide bonds. The van der Waals surface area contributed by atoms with Crippen LogP contribution in [0.3, 0.4) is 0 Å². The Morgan fingerprint density at radius 2 is 1.71 bits per heavy atom. The summed E-state index contributed by atoms with van der Waals surface area (Å²) < 4.78 is 0.913. The third kappa shape index (κ3) is 4.88. The van der Waals surface area contributed by atoms with E-state index in [1.54, 1.807) is 12.1 Å². The third-order valence-corrected chi connectivity index (χ3v) is 4.45. The van der Waals surface area contributed by atoms with Crippen molar-refractivity contribution in [3.05, 3.63) is 34.3 Å². The van der Waals surface area contributed by atoms with Crippen molar-refractivity contribution < 1.29 is 4.79 Å². The lowest BCUT2D eigenvalue weighted by Crippen LogP contribution is -2.26. The van der Waals surface area contributed by atoms with Crippen molar-refractivity contribution in [2.24, 2.45) is 11.8 Å². The van der Waals surface area contributed by atoms with Gasteiger partial charge in [-0.2, -0.15) is 0 Å². The van der Waals surface area contributed by atoms with Gasteiger partial charge < -0.3 is 10.8 Å². The number of rotatable bonds is 8. The van der Waals surface area contributed by atoms with Gasteiger partial charge in [0, 0.05) is 21.7 Å². The zero-order valence-corrected chi connectivity index (χ0v) is 14.5. The lowest BCUT2D eigenvalue weighted by Gasteiger charge is -2.19. The van der Waals surface area contributed by atoms with Gasteiger partial charge in [-0.3, -0.25) is 4.79 Å². The van der Waals surface area contributed by atoms with Gasteiger partial charge in [0.15, 0.2) is 0 Å². The van der Waals surface area contributed by atoms with Crippen LogP contribution >= 0.6 is 15.9 Å². The minimum Gasteiger partial charge on any atom is -0.309 e. The van der Waals surface area contributed by atoms with Crippen molar-refractivity contribution in [3.63, 3.8) is 0 Å². The van der Waals surface area contributed by atoms with Gasteiger partial charge >= 0.3 is 0 Å². The SMILES string of the molecule is CC[C@@H](CC(=N)[C@H](C)CC)C(=N)C(=O)c1ccc(Br)cc1. The summed E-state index contributed by atoms with van der Waals surface area (Å²) in [4.78, 5) is 12.4. The largest absolute Gasteiger partial charge is 0.309 e. The van der Waals surface area contributed by atoms with Crippen molar-refractivity contribution in [2.75, 3.05) is 0 Å². The first-order valence-corrected chi connectivity index (χ1v) is 8.15. The maximum absolute atomic E-state index is 12.4. The number of benzene rings is 1. The Hall–Kier alpha value is -1.29. The predicted octanol–water partition coefficient (Wildman–Crippen LogP) is 5.13. The summed E-state index contributed by atoms with van der Waals surface area (Å²) in [5.74, 6) is -0.177. The summed E-state index contributed by atoms with van der Waals surface area (Å²) in [5, 5.41) is 16.3. The fourth-order valence-corrected chi connectivity index (χ4v) is 2.37. The van der Waals surface area contributed by atoms with Crippen LogP contribution in [0.2, 0.25) is 0 Å². The van der Waals surface area contributed by atoms with E-state index in [4.69, 9.17) is 10.8 Å². The van der Waals surface area contributed by atoms with Gasteiger partial charge in [-0.25, -0.2) is 0 Å². The number of carbonyl (C=O) groups excluding carboxylic acids is 1. The summed E-state index contributed by atoms with van der Waals surface area (Å²) in [5.41, 5.74) is 1.29. The van der Waals surface area contributed by atoms with Crippen LogP contribution in [0.15, 0.2) is 28.7 Å². The summed E-state index contributed by atoms with van der Waals surface area (Å²) in [6.45, 7) is 6.05. The van der Waals surface area contributed by atoms with Gasteiger partial charge in [0.1, 0.15) is 0 Å². The molecule has 0 bridgehead atoms. The number of carbonyl (C=O) groups is 1. The van der Waals surface area contributed by atoms with Crippen LogP contribution in [0.25, 0.3) is 0 Å². The third-order valence-electron chi connectivity index (χ3n) is 3.93. The zero-order valence-electron chi connectivity index (χ0n) is 12.9. The van der Waals surface area contributed by atoms with E-state index < -0.39 is 0 Å². The molecule has 1 rings (SSSR count). The second-order valence-corrected chi connectivity index (χ2v) is 6.31. The number of hydrogen-bond acceptors (Lipinski definition) is 3. The van der Waals surface area contributed by atoms with E-state index in [9.17, 15) is 4.79 Å². The maximum Gasteiger partial charge on any atom is 0.206 e. The standard InChI is InChI=1S/C17H23BrN2O/c1-4-11(3)15(19)10-12(5-2)16(20)17(21)13-6-8-14(18)9-7-13/h6-9,11-12,19-20H,4-5,10H2,1-3H3/t11-,12+/m1/s1. The minimum atomic E-state index is -0.230. The number of Topliss-reactive ketones (excluding diaryl/α,β-unsaturated/α-hetero) is 1. The molecule has 0 saturated carbocycles. The molecule has 0 aromatic heterocycles. The van der Waals surface area contributed by atoms with E-state index in [2.05, 4.69) is 22.9 Å². The molecule has 2 N–H and O–H groups in total. The molecule has 21 heavy (non-hydrogen) atoms. The van der Waals surface area contributed by atoms with Crippen LogP contribution in [0, 0.1) is 22.7 Å². The Kier molecular flexibility index (Phi) is 6.96. The van der Waals surface area contributed by atoms with Gasteiger partial charge in [0.25, 0.3) is 0 Å². The van der Waals surface area contributed by atoms with E-state index in [0.29, 0.717) is 24.1 Å². The highest BCUT2D eigenvalue weighted by Gasteiger charge is 2.23. The summed E-state index contributed by atoms with van der Waals surface area (Å²) in [7, 11) is 0. The van der Waals surface area contributed by atoms with Crippen LogP contribution < -0.4 is 0 Å². The quantitative estimate of drug-likeness (QED) is 0.495. The average Bonchev–Trinajstić information content (AvgIpc) is 2.50. The van der Waals surface area contributed by atoms with Gasteiger partial charge in [-0.15, -0.1) is 0 Å². The fourth-order valence-electron chi connectivity index (χ4n) is 2.11. The molecule has 0 saturated heterocycles. The Bertz CT molecular complexity index is 522. The Morgan fingerprint density at radius 1 is 1.14 bits per heavy atom. The lowest BCUT2D eigenvalue weighted by molar-refractivity contribution is 0.105. The minimum absolute atomic E-state index is 0.118. The van der Waals surface area contributed by atoms with E-state index in [1.165, 1.54) is 0 Å². The Balaban J connectivity index is 2.81. The average molecular weight is 351 g/mol. The molecule has 1 aromatic carbocycles. The first-order chi connectivity index (χ1) is 9.90. The van der Waals surface area contributed by atoms with Gasteiger partial charge in [-0.05, 0) is 49.4 Å². The van der Waals surface area contributed by atoms with Gasteiger partial charge in [-0.1, -0.05) is 36.7 Å². The van der Waals surface area contributed by atoms with E-state index in [1.807, 2.05) is 26.0 Å². The van der Waals surface area contributed by atoms with Crippen molar-refractivity contribution in [1.29, 1.82) is 10.8 Å². The van der Waals surface area contributed by atoms with Crippen LogP contribution in [-0.2, 0) is 0 Å². The molecule has 2 atom stereocenters. The topological polar surface area (TPSA) is 64.8 Å². The molecule has 4 heteroatoms. The van der Waals surface area contributed by atoms with Crippen molar-refractivity contribution >= 4 is 33.1 Å². The van der Waals surface area contributed by atoms with Crippen molar-refractivity contribution in [2.45, 2.75) is 40.0 Å².